The molecule has 1 aliphatic rings. The third-order valence-corrected chi connectivity index (χ3v) is 9.11. The first-order valence-electron chi connectivity index (χ1n) is 15.6. The van der Waals surface area contributed by atoms with Crippen LogP contribution in [0.15, 0.2) is 152 Å². The number of benzene rings is 6. The fourth-order valence-corrected chi connectivity index (χ4v) is 6.95. The maximum atomic E-state index is 5.07. The number of aromatic nitrogens is 3. The van der Waals surface area contributed by atoms with Gasteiger partial charge in [-0.25, -0.2) is 9.97 Å². The first-order valence-corrected chi connectivity index (χ1v) is 15.6. The van der Waals surface area contributed by atoms with E-state index in [-0.39, 0.29) is 0 Å². The van der Waals surface area contributed by atoms with Crippen molar-refractivity contribution in [3.63, 3.8) is 0 Å². The van der Waals surface area contributed by atoms with E-state index in [9.17, 15) is 0 Å². The standard InChI is InChI=1S/C42H29N3/c1-3-11-28(12-4-1)38-27-39(29-13-5-2-6-14-29)44-42(43-38)32-21-23-34-30(25-32)19-20-31-26-33(22-24-35(31)34)45-40-17-9-7-15-36(40)37-16-8-10-18-41(37)45/h1-18,21-27H,19-20H2. The van der Waals surface area contributed by atoms with Crippen molar-refractivity contribution in [1.29, 1.82) is 0 Å². The Morgan fingerprint density at radius 2 is 0.933 bits per heavy atom. The number of nitrogens with zero attached hydrogens (tertiary/aromatic N) is 3. The molecule has 0 atom stereocenters. The van der Waals surface area contributed by atoms with Crippen molar-refractivity contribution in [2.24, 2.45) is 0 Å². The lowest BCUT2D eigenvalue weighted by Gasteiger charge is -2.22. The summed E-state index contributed by atoms with van der Waals surface area (Å²) >= 11 is 0. The molecule has 0 N–H and O–H groups in total. The molecule has 0 saturated heterocycles. The minimum absolute atomic E-state index is 0.755. The quantitative estimate of drug-likeness (QED) is 0.209. The van der Waals surface area contributed by atoms with Crippen LogP contribution in [0.2, 0.25) is 0 Å². The van der Waals surface area contributed by atoms with E-state index >= 15 is 0 Å². The van der Waals surface area contributed by atoms with E-state index < -0.39 is 0 Å². The first kappa shape index (κ1) is 25.7. The molecule has 0 bridgehead atoms. The Balaban J connectivity index is 1.13. The van der Waals surface area contributed by atoms with Crippen molar-refractivity contribution in [3.05, 3.63) is 163 Å². The normalized spacial score (nSPS) is 12.3. The molecule has 0 aliphatic heterocycles. The highest BCUT2D eigenvalue weighted by atomic mass is 15.0. The Bertz CT molecular complexity index is 2260. The van der Waals surface area contributed by atoms with Gasteiger partial charge in [0.25, 0.3) is 0 Å². The van der Waals surface area contributed by atoms with Gasteiger partial charge in [-0.3, -0.25) is 0 Å². The van der Waals surface area contributed by atoms with Gasteiger partial charge in [0.2, 0.25) is 0 Å². The van der Waals surface area contributed by atoms with Gasteiger partial charge in [-0.15, -0.1) is 0 Å². The summed E-state index contributed by atoms with van der Waals surface area (Å²) in [5, 5.41) is 2.58. The van der Waals surface area contributed by atoms with Gasteiger partial charge in [0, 0.05) is 33.2 Å². The van der Waals surface area contributed by atoms with Crippen molar-refractivity contribution in [3.8, 4) is 50.7 Å². The van der Waals surface area contributed by atoms with Crippen molar-refractivity contribution in [2.75, 3.05) is 0 Å². The van der Waals surface area contributed by atoms with Crippen LogP contribution in [0.3, 0.4) is 0 Å². The summed E-state index contributed by atoms with van der Waals surface area (Å²) < 4.78 is 2.41. The molecule has 3 heteroatoms. The molecule has 45 heavy (non-hydrogen) atoms. The molecule has 0 radical (unpaired) electrons. The summed E-state index contributed by atoms with van der Waals surface area (Å²) in [5.41, 5.74) is 14.1. The zero-order valence-electron chi connectivity index (χ0n) is 24.7. The van der Waals surface area contributed by atoms with Crippen LogP contribution < -0.4 is 0 Å². The molecule has 0 fully saturated rings. The number of rotatable bonds is 4. The molecule has 0 spiro atoms. The van der Waals surface area contributed by atoms with Crippen LogP contribution in [0.1, 0.15) is 11.1 Å². The number of fused-ring (bicyclic) bond motifs is 6. The van der Waals surface area contributed by atoms with Gasteiger partial charge in [-0.2, -0.15) is 0 Å². The van der Waals surface area contributed by atoms with Crippen molar-refractivity contribution < 1.29 is 0 Å². The Morgan fingerprint density at radius 1 is 0.422 bits per heavy atom. The van der Waals surface area contributed by atoms with Crippen LogP contribution in [0.5, 0.6) is 0 Å². The van der Waals surface area contributed by atoms with Crippen LogP contribution >= 0.6 is 0 Å². The molecule has 2 heterocycles. The van der Waals surface area contributed by atoms with Gasteiger partial charge >= 0.3 is 0 Å². The number of hydrogen-bond acceptors (Lipinski definition) is 2. The lowest BCUT2D eigenvalue weighted by molar-refractivity contribution is 0.938. The number of hydrogen-bond donors (Lipinski definition) is 0. The predicted octanol–water partition coefficient (Wildman–Crippen LogP) is 10.3. The van der Waals surface area contributed by atoms with Gasteiger partial charge in [-0.05, 0) is 71.5 Å². The summed E-state index contributed by atoms with van der Waals surface area (Å²) in [5.74, 6) is 0.755. The molecule has 8 aromatic rings. The highest BCUT2D eigenvalue weighted by Crippen LogP contribution is 2.39. The fourth-order valence-electron chi connectivity index (χ4n) is 6.95. The maximum absolute atomic E-state index is 5.07. The Hall–Kier alpha value is -5.80. The van der Waals surface area contributed by atoms with E-state index in [4.69, 9.17) is 9.97 Å². The second-order valence-corrected chi connectivity index (χ2v) is 11.8. The SMILES string of the molecule is c1ccc(-c2cc(-c3ccccc3)nc(-c3ccc4c(c3)CCc3cc(-n5c6ccccc6c6ccccc65)ccc3-4)n2)cc1. The summed E-state index contributed by atoms with van der Waals surface area (Å²) in [6, 6.07) is 54.0. The number of para-hydroxylation sites is 2. The van der Waals surface area contributed by atoms with E-state index in [1.165, 1.54) is 49.7 Å². The summed E-state index contributed by atoms with van der Waals surface area (Å²) in [6.45, 7) is 0. The molecule has 1 aliphatic carbocycles. The molecule has 2 aromatic heterocycles. The van der Waals surface area contributed by atoms with Crippen LogP contribution in [-0.2, 0) is 12.8 Å². The lowest BCUT2D eigenvalue weighted by Crippen LogP contribution is -2.06. The van der Waals surface area contributed by atoms with E-state index in [2.05, 4.69) is 144 Å². The van der Waals surface area contributed by atoms with Gasteiger partial charge in [-0.1, -0.05) is 115 Å². The van der Waals surface area contributed by atoms with E-state index in [0.29, 0.717) is 0 Å². The molecule has 0 unspecified atom stereocenters. The minimum Gasteiger partial charge on any atom is -0.309 e. The highest BCUT2D eigenvalue weighted by molar-refractivity contribution is 6.09. The van der Waals surface area contributed by atoms with Crippen LogP contribution in [0.4, 0.5) is 0 Å². The van der Waals surface area contributed by atoms with Gasteiger partial charge in [0.1, 0.15) is 0 Å². The van der Waals surface area contributed by atoms with Crippen LogP contribution in [0.25, 0.3) is 72.5 Å². The second-order valence-electron chi connectivity index (χ2n) is 11.8. The monoisotopic (exact) mass is 575 g/mol. The average molecular weight is 576 g/mol. The number of aryl methyl sites for hydroxylation is 2. The predicted molar refractivity (Wildman–Crippen MR) is 186 cm³/mol. The summed E-state index contributed by atoms with van der Waals surface area (Å²) in [4.78, 5) is 10.1. The minimum atomic E-state index is 0.755. The Morgan fingerprint density at radius 3 is 1.53 bits per heavy atom. The second kappa shape index (κ2) is 10.4. The first-order chi connectivity index (χ1) is 22.3. The molecule has 212 valence electrons. The summed E-state index contributed by atoms with van der Waals surface area (Å²) in [6.07, 6.45) is 1.98. The lowest BCUT2D eigenvalue weighted by atomic mass is 9.84. The smallest absolute Gasteiger partial charge is 0.160 e. The third kappa shape index (κ3) is 4.36. The van der Waals surface area contributed by atoms with Gasteiger partial charge in [0.15, 0.2) is 5.82 Å². The molecule has 3 nitrogen and oxygen atoms in total. The van der Waals surface area contributed by atoms with Crippen molar-refractivity contribution in [1.82, 2.24) is 14.5 Å². The third-order valence-electron chi connectivity index (χ3n) is 9.11. The summed E-state index contributed by atoms with van der Waals surface area (Å²) in [7, 11) is 0. The fraction of sp³-hybridized carbons (Fsp3) is 0.0476. The molecular formula is C42H29N3. The largest absolute Gasteiger partial charge is 0.309 e. The Labute approximate surface area is 262 Å². The van der Waals surface area contributed by atoms with Crippen LogP contribution in [0, 0.1) is 0 Å². The highest BCUT2D eigenvalue weighted by Gasteiger charge is 2.20. The Kier molecular flexibility index (Phi) is 5.95. The van der Waals surface area contributed by atoms with E-state index in [1.807, 2.05) is 12.1 Å². The molecule has 0 saturated carbocycles. The van der Waals surface area contributed by atoms with E-state index in [1.54, 1.807) is 0 Å². The van der Waals surface area contributed by atoms with Gasteiger partial charge in [0.05, 0.1) is 22.4 Å². The zero-order chi connectivity index (χ0) is 29.7. The zero-order valence-corrected chi connectivity index (χ0v) is 24.7. The maximum Gasteiger partial charge on any atom is 0.160 e. The van der Waals surface area contributed by atoms with Gasteiger partial charge < -0.3 is 4.57 Å². The molecule has 6 aromatic carbocycles. The average Bonchev–Trinajstić information content (AvgIpc) is 3.46. The molecular weight excluding hydrogens is 546 g/mol. The topological polar surface area (TPSA) is 30.7 Å². The molecule has 9 rings (SSSR count). The molecule has 0 amide bonds. The van der Waals surface area contributed by atoms with Crippen molar-refractivity contribution >= 4 is 21.8 Å². The van der Waals surface area contributed by atoms with E-state index in [0.717, 1.165) is 46.7 Å². The van der Waals surface area contributed by atoms with Crippen molar-refractivity contribution in [2.45, 2.75) is 12.8 Å². The van der Waals surface area contributed by atoms with Crippen LogP contribution in [-0.4, -0.2) is 14.5 Å².